The van der Waals surface area contributed by atoms with Gasteiger partial charge < -0.3 is 9.64 Å². The van der Waals surface area contributed by atoms with Gasteiger partial charge in [0.05, 0.1) is 18.4 Å². The monoisotopic (exact) mass is 348 g/mol. The molecule has 1 aliphatic heterocycles. The Labute approximate surface area is 152 Å². The van der Waals surface area contributed by atoms with Gasteiger partial charge in [0.25, 0.3) is 5.91 Å². The van der Waals surface area contributed by atoms with E-state index in [1.807, 2.05) is 67.6 Å². The van der Waals surface area contributed by atoms with Crippen molar-refractivity contribution in [3.05, 3.63) is 66.5 Å². The van der Waals surface area contributed by atoms with E-state index in [0.717, 1.165) is 11.3 Å². The molecule has 1 aromatic heterocycles. The zero-order valence-electron chi connectivity index (χ0n) is 14.6. The number of aromatic nitrogens is 3. The number of ether oxygens (including phenoxy) is 1. The van der Waals surface area contributed by atoms with Crippen molar-refractivity contribution in [1.82, 2.24) is 19.7 Å². The molecule has 1 atom stereocenters. The number of carbonyl (C=O) groups excluding carboxylic acids is 1. The molecular weight excluding hydrogens is 328 g/mol. The molecule has 2 heterocycles. The summed E-state index contributed by atoms with van der Waals surface area (Å²) in [5.41, 5.74) is 1.78. The molecule has 26 heavy (non-hydrogen) atoms. The van der Waals surface area contributed by atoms with Crippen LogP contribution in [0.5, 0.6) is 0 Å². The Bertz CT molecular complexity index is 836. The van der Waals surface area contributed by atoms with Crippen LogP contribution in [-0.2, 0) is 4.74 Å². The van der Waals surface area contributed by atoms with E-state index in [-0.39, 0.29) is 17.8 Å². The Balaban J connectivity index is 1.75. The maximum Gasteiger partial charge on any atom is 0.293 e. The second kappa shape index (κ2) is 7.09. The van der Waals surface area contributed by atoms with Crippen LogP contribution in [0.4, 0.5) is 0 Å². The molecule has 4 rings (SSSR count). The van der Waals surface area contributed by atoms with E-state index < -0.39 is 0 Å². The SMILES string of the molecule is CC1CN(C(=O)c2nc(-c3ccccc3)n(-c3ccccc3)n2)CCO1. The molecule has 0 bridgehead atoms. The topological polar surface area (TPSA) is 60.2 Å². The van der Waals surface area contributed by atoms with Gasteiger partial charge in [-0.25, -0.2) is 9.67 Å². The largest absolute Gasteiger partial charge is 0.375 e. The number of amides is 1. The number of para-hydroxylation sites is 1. The number of hydrogen-bond acceptors (Lipinski definition) is 4. The predicted molar refractivity (Wildman–Crippen MR) is 98.1 cm³/mol. The molecule has 3 aromatic rings. The molecule has 0 N–H and O–H groups in total. The minimum Gasteiger partial charge on any atom is -0.375 e. The highest BCUT2D eigenvalue weighted by Gasteiger charge is 2.27. The summed E-state index contributed by atoms with van der Waals surface area (Å²) >= 11 is 0. The Morgan fingerprint density at radius 1 is 1.08 bits per heavy atom. The first-order valence-electron chi connectivity index (χ1n) is 8.71. The van der Waals surface area contributed by atoms with Crippen LogP contribution in [-0.4, -0.2) is 51.4 Å². The van der Waals surface area contributed by atoms with Gasteiger partial charge >= 0.3 is 0 Å². The lowest BCUT2D eigenvalue weighted by Gasteiger charge is -2.30. The van der Waals surface area contributed by atoms with Crippen molar-refractivity contribution in [2.24, 2.45) is 0 Å². The van der Waals surface area contributed by atoms with Gasteiger partial charge in [-0.05, 0) is 19.1 Å². The van der Waals surface area contributed by atoms with Crippen LogP contribution in [0.2, 0.25) is 0 Å². The van der Waals surface area contributed by atoms with Crippen LogP contribution in [0, 0.1) is 0 Å². The van der Waals surface area contributed by atoms with Gasteiger partial charge in [0.15, 0.2) is 5.82 Å². The van der Waals surface area contributed by atoms with Crippen molar-refractivity contribution in [1.29, 1.82) is 0 Å². The summed E-state index contributed by atoms with van der Waals surface area (Å²) in [6, 6.07) is 19.5. The molecule has 6 nitrogen and oxygen atoms in total. The highest BCUT2D eigenvalue weighted by molar-refractivity contribution is 5.91. The Morgan fingerprint density at radius 2 is 1.77 bits per heavy atom. The summed E-state index contributed by atoms with van der Waals surface area (Å²) in [7, 11) is 0. The van der Waals surface area contributed by atoms with Crippen LogP contribution in [0.3, 0.4) is 0 Å². The van der Waals surface area contributed by atoms with Gasteiger partial charge in [0, 0.05) is 18.7 Å². The maximum absolute atomic E-state index is 12.9. The van der Waals surface area contributed by atoms with E-state index in [1.165, 1.54) is 0 Å². The number of benzene rings is 2. The summed E-state index contributed by atoms with van der Waals surface area (Å²) in [6.45, 7) is 3.62. The minimum absolute atomic E-state index is 0.0255. The number of nitrogens with zero attached hydrogens (tertiary/aromatic N) is 4. The predicted octanol–water partition coefficient (Wildman–Crippen LogP) is 2.80. The highest BCUT2D eigenvalue weighted by atomic mass is 16.5. The fraction of sp³-hybridized carbons (Fsp3) is 0.250. The van der Waals surface area contributed by atoms with Crippen molar-refractivity contribution in [3.63, 3.8) is 0 Å². The number of hydrogen-bond donors (Lipinski definition) is 0. The molecule has 0 aliphatic carbocycles. The molecule has 0 spiro atoms. The fourth-order valence-corrected chi connectivity index (χ4v) is 3.07. The molecule has 1 aliphatic rings. The standard InChI is InChI=1S/C20H20N4O2/c1-15-14-23(12-13-26-15)20(25)18-21-19(16-8-4-2-5-9-16)24(22-18)17-10-6-3-7-11-17/h2-11,15H,12-14H2,1H3. The van der Waals surface area contributed by atoms with Gasteiger partial charge in [0.1, 0.15) is 0 Å². The fourth-order valence-electron chi connectivity index (χ4n) is 3.07. The normalized spacial score (nSPS) is 17.3. The van der Waals surface area contributed by atoms with E-state index in [1.54, 1.807) is 9.58 Å². The summed E-state index contributed by atoms with van der Waals surface area (Å²) in [6.07, 6.45) is 0.0255. The summed E-state index contributed by atoms with van der Waals surface area (Å²) in [5, 5.41) is 4.53. The molecule has 1 saturated heterocycles. The van der Waals surface area contributed by atoms with E-state index in [2.05, 4.69) is 10.1 Å². The van der Waals surface area contributed by atoms with E-state index in [9.17, 15) is 4.79 Å². The lowest BCUT2D eigenvalue weighted by Crippen LogP contribution is -2.44. The Kier molecular flexibility index (Phi) is 4.50. The third kappa shape index (κ3) is 3.23. The molecule has 6 heteroatoms. The van der Waals surface area contributed by atoms with Gasteiger partial charge in [-0.15, -0.1) is 5.10 Å². The summed E-state index contributed by atoms with van der Waals surface area (Å²) < 4.78 is 7.25. The molecule has 1 amide bonds. The lowest BCUT2D eigenvalue weighted by atomic mass is 10.2. The average molecular weight is 348 g/mol. The molecule has 2 aromatic carbocycles. The van der Waals surface area contributed by atoms with E-state index >= 15 is 0 Å². The summed E-state index contributed by atoms with van der Waals surface area (Å²) in [4.78, 5) is 19.2. The Hall–Kier alpha value is -2.99. The van der Waals surface area contributed by atoms with Crippen molar-refractivity contribution in [2.75, 3.05) is 19.7 Å². The smallest absolute Gasteiger partial charge is 0.293 e. The maximum atomic E-state index is 12.9. The second-order valence-corrected chi connectivity index (χ2v) is 6.30. The average Bonchev–Trinajstić information content (AvgIpc) is 3.14. The second-order valence-electron chi connectivity index (χ2n) is 6.30. The van der Waals surface area contributed by atoms with Crippen molar-refractivity contribution < 1.29 is 9.53 Å². The first-order valence-corrected chi connectivity index (χ1v) is 8.71. The van der Waals surface area contributed by atoms with E-state index in [4.69, 9.17) is 4.74 Å². The molecule has 0 saturated carbocycles. The lowest BCUT2D eigenvalue weighted by molar-refractivity contribution is -0.0128. The zero-order chi connectivity index (χ0) is 17.9. The highest BCUT2D eigenvalue weighted by Crippen LogP contribution is 2.21. The van der Waals surface area contributed by atoms with Crippen LogP contribution < -0.4 is 0 Å². The summed E-state index contributed by atoms with van der Waals surface area (Å²) in [5.74, 6) is 0.704. The molecule has 0 radical (unpaired) electrons. The molecule has 1 unspecified atom stereocenters. The van der Waals surface area contributed by atoms with E-state index in [0.29, 0.717) is 25.5 Å². The number of carbonyl (C=O) groups is 1. The first kappa shape index (κ1) is 16.5. The number of morpholine rings is 1. The van der Waals surface area contributed by atoms with Crippen molar-refractivity contribution in [3.8, 4) is 17.1 Å². The molecular formula is C20H20N4O2. The number of rotatable bonds is 3. The third-order valence-electron chi connectivity index (χ3n) is 4.36. The van der Waals surface area contributed by atoms with Gasteiger partial charge in [-0.1, -0.05) is 48.5 Å². The van der Waals surface area contributed by atoms with Crippen LogP contribution in [0.1, 0.15) is 17.5 Å². The van der Waals surface area contributed by atoms with Gasteiger partial charge in [-0.3, -0.25) is 4.79 Å². The van der Waals surface area contributed by atoms with Gasteiger partial charge in [-0.2, -0.15) is 0 Å². The van der Waals surface area contributed by atoms with Gasteiger partial charge in [0.2, 0.25) is 5.82 Å². The van der Waals surface area contributed by atoms with Crippen LogP contribution in [0.25, 0.3) is 17.1 Å². The molecule has 1 fully saturated rings. The molecule has 132 valence electrons. The van der Waals surface area contributed by atoms with Crippen LogP contribution >= 0.6 is 0 Å². The van der Waals surface area contributed by atoms with Crippen molar-refractivity contribution >= 4 is 5.91 Å². The van der Waals surface area contributed by atoms with Crippen LogP contribution in [0.15, 0.2) is 60.7 Å². The minimum atomic E-state index is -0.160. The first-order chi connectivity index (χ1) is 12.7. The third-order valence-corrected chi connectivity index (χ3v) is 4.36. The Morgan fingerprint density at radius 3 is 2.46 bits per heavy atom. The van der Waals surface area contributed by atoms with Crippen molar-refractivity contribution in [2.45, 2.75) is 13.0 Å². The quantitative estimate of drug-likeness (QED) is 0.730. The zero-order valence-corrected chi connectivity index (χ0v) is 14.6.